The average Bonchev–Trinajstić information content (AvgIpc) is 2.69. The third kappa shape index (κ3) is 20.0. The normalized spacial score (nSPS) is 12.1. The van der Waals surface area contributed by atoms with Gasteiger partial charge >= 0.3 is 12.0 Å². The van der Waals surface area contributed by atoms with Crippen molar-refractivity contribution in [2.45, 2.75) is 136 Å². The first-order valence-electron chi connectivity index (χ1n) is 12.7. The number of hydrogen-bond acceptors (Lipinski definition) is 2. The van der Waals surface area contributed by atoms with Crippen molar-refractivity contribution in [2.75, 3.05) is 6.54 Å². The standard InChI is InChI=1S/C25H50N2O3/c1-4-5-6-7-8-9-10-11-12-13-14-15-16-17-18-19-20-26-25(30)27-23(24(28)29)21-22(2)3/h22-23H,4-21H2,1-3H3,(H,28,29)(H2,26,27,30)/t23-/m0/s1. The van der Waals surface area contributed by atoms with E-state index < -0.39 is 12.0 Å². The molecule has 0 aromatic heterocycles. The molecule has 0 aliphatic heterocycles. The minimum absolute atomic E-state index is 0.228. The van der Waals surface area contributed by atoms with Gasteiger partial charge in [-0.25, -0.2) is 9.59 Å². The van der Waals surface area contributed by atoms with Crippen molar-refractivity contribution in [1.82, 2.24) is 10.6 Å². The fourth-order valence-electron chi connectivity index (χ4n) is 3.78. The number of hydrogen-bond donors (Lipinski definition) is 3. The van der Waals surface area contributed by atoms with Crippen LogP contribution in [0.4, 0.5) is 4.79 Å². The Labute approximate surface area is 186 Å². The average molecular weight is 427 g/mol. The van der Waals surface area contributed by atoms with E-state index in [4.69, 9.17) is 5.11 Å². The summed E-state index contributed by atoms with van der Waals surface area (Å²) in [6, 6.07) is -1.18. The molecule has 2 amide bonds. The molecule has 0 heterocycles. The Morgan fingerprint density at radius 2 is 1.10 bits per heavy atom. The molecule has 0 aliphatic carbocycles. The lowest BCUT2D eigenvalue weighted by molar-refractivity contribution is -0.139. The maximum Gasteiger partial charge on any atom is 0.326 e. The van der Waals surface area contributed by atoms with E-state index in [1.165, 1.54) is 89.9 Å². The Kier molecular flexibility index (Phi) is 20.1. The van der Waals surface area contributed by atoms with Crippen molar-refractivity contribution >= 4 is 12.0 Å². The van der Waals surface area contributed by atoms with Crippen LogP contribution in [0.2, 0.25) is 0 Å². The molecule has 0 aromatic rings. The highest BCUT2D eigenvalue weighted by Gasteiger charge is 2.20. The Bertz CT molecular complexity index is 413. The molecule has 0 saturated heterocycles. The summed E-state index contributed by atoms with van der Waals surface area (Å²) < 4.78 is 0. The van der Waals surface area contributed by atoms with Crippen molar-refractivity contribution < 1.29 is 14.7 Å². The van der Waals surface area contributed by atoms with Crippen LogP contribution in [0.3, 0.4) is 0 Å². The van der Waals surface area contributed by atoms with Gasteiger partial charge in [-0.15, -0.1) is 0 Å². The molecule has 30 heavy (non-hydrogen) atoms. The second-order valence-corrected chi connectivity index (χ2v) is 9.22. The van der Waals surface area contributed by atoms with E-state index in [1.54, 1.807) is 0 Å². The number of carbonyl (C=O) groups is 2. The summed E-state index contributed by atoms with van der Waals surface area (Å²) >= 11 is 0. The van der Waals surface area contributed by atoms with Crippen LogP contribution in [0.1, 0.15) is 130 Å². The predicted octanol–water partition coefficient (Wildman–Crippen LogP) is 7.05. The molecule has 0 aromatic carbocycles. The van der Waals surface area contributed by atoms with Gasteiger partial charge in [0.05, 0.1) is 0 Å². The lowest BCUT2D eigenvalue weighted by Gasteiger charge is -2.16. The van der Waals surface area contributed by atoms with Crippen molar-refractivity contribution in [3.63, 3.8) is 0 Å². The number of aliphatic carboxylic acids is 1. The molecule has 1 atom stereocenters. The predicted molar refractivity (Wildman–Crippen MR) is 127 cm³/mol. The van der Waals surface area contributed by atoms with E-state index in [-0.39, 0.29) is 11.9 Å². The number of carbonyl (C=O) groups excluding carboxylic acids is 1. The van der Waals surface area contributed by atoms with Gasteiger partial charge in [-0.2, -0.15) is 0 Å². The number of amides is 2. The molecule has 0 saturated carbocycles. The Hall–Kier alpha value is -1.26. The molecule has 178 valence electrons. The molecular formula is C25H50N2O3. The minimum atomic E-state index is -0.971. The van der Waals surface area contributed by atoms with Gasteiger partial charge in [-0.1, -0.05) is 117 Å². The molecule has 0 rings (SSSR count). The highest BCUT2D eigenvalue weighted by atomic mass is 16.4. The molecular weight excluding hydrogens is 376 g/mol. The summed E-state index contributed by atoms with van der Waals surface area (Å²) in [5.74, 6) is -0.743. The van der Waals surface area contributed by atoms with Gasteiger partial charge in [-0.3, -0.25) is 0 Å². The molecule has 0 unspecified atom stereocenters. The summed E-state index contributed by atoms with van der Waals surface area (Å²) in [6.07, 6.45) is 21.7. The SMILES string of the molecule is CCCCCCCCCCCCCCCCCCNC(=O)N[C@@H](CC(C)C)C(=O)O. The second-order valence-electron chi connectivity index (χ2n) is 9.22. The highest BCUT2D eigenvalue weighted by Crippen LogP contribution is 2.13. The third-order valence-electron chi connectivity index (χ3n) is 5.63. The van der Waals surface area contributed by atoms with Crippen LogP contribution in [0.5, 0.6) is 0 Å². The lowest BCUT2D eigenvalue weighted by Crippen LogP contribution is -2.46. The fourth-order valence-corrected chi connectivity index (χ4v) is 3.78. The molecule has 0 radical (unpaired) electrons. The summed E-state index contributed by atoms with van der Waals surface area (Å²) in [4.78, 5) is 23.0. The highest BCUT2D eigenvalue weighted by molar-refractivity contribution is 5.82. The van der Waals surface area contributed by atoms with Gasteiger partial charge in [-0.05, 0) is 18.8 Å². The molecule has 3 N–H and O–H groups in total. The molecule has 0 bridgehead atoms. The number of rotatable bonds is 21. The first kappa shape index (κ1) is 28.7. The zero-order chi connectivity index (χ0) is 22.5. The van der Waals surface area contributed by atoms with Gasteiger partial charge in [0.2, 0.25) is 0 Å². The van der Waals surface area contributed by atoms with Crippen molar-refractivity contribution in [2.24, 2.45) is 5.92 Å². The maximum atomic E-state index is 11.8. The number of carboxylic acids is 1. The fraction of sp³-hybridized carbons (Fsp3) is 0.920. The molecule has 5 nitrogen and oxygen atoms in total. The van der Waals surface area contributed by atoms with E-state index in [2.05, 4.69) is 17.6 Å². The number of carboxylic acid groups (broad SMARTS) is 1. The van der Waals surface area contributed by atoms with E-state index >= 15 is 0 Å². The van der Waals surface area contributed by atoms with Gasteiger partial charge < -0.3 is 15.7 Å². The molecule has 0 spiro atoms. The van der Waals surface area contributed by atoms with Crippen LogP contribution >= 0.6 is 0 Å². The van der Waals surface area contributed by atoms with Crippen LogP contribution in [-0.4, -0.2) is 29.7 Å². The van der Waals surface area contributed by atoms with Crippen LogP contribution in [0.15, 0.2) is 0 Å². The summed E-state index contributed by atoms with van der Waals surface area (Å²) in [5.41, 5.74) is 0. The van der Waals surface area contributed by atoms with Crippen LogP contribution < -0.4 is 10.6 Å². The van der Waals surface area contributed by atoms with E-state index in [1.807, 2.05) is 13.8 Å². The van der Waals surface area contributed by atoms with Crippen LogP contribution in [0.25, 0.3) is 0 Å². The maximum absolute atomic E-state index is 11.8. The van der Waals surface area contributed by atoms with Crippen molar-refractivity contribution in [1.29, 1.82) is 0 Å². The van der Waals surface area contributed by atoms with Gasteiger partial charge in [0.15, 0.2) is 0 Å². The third-order valence-corrected chi connectivity index (χ3v) is 5.63. The quantitative estimate of drug-likeness (QED) is 0.172. The Morgan fingerprint density at radius 1 is 0.700 bits per heavy atom. The second kappa shape index (κ2) is 21.0. The first-order chi connectivity index (χ1) is 14.5. The zero-order valence-corrected chi connectivity index (χ0v) is 20.1. The van der Waals surface area contributed by atoms with E-state index in [0.29, 0.717) is 13.0 Å². The summed E-state index contributed by atoms with van der Waals surface area (Å²) in [6.45, 7) is 6.78. The number of urea groups is 1. The monoisotopic (exact) mass is 426 g/mol. The lowest BCUT2D eigenvalue weighted by atomic mass is 10.0. The smallest absolute Gasteiger partial charge is 0.326 e. The Balaban J connectivity index is 3.36. The topological polar surface area (TPSA) is 78.4 Å². The summed E-state index contributed by atoms with van der Waals surface area (Å²) in [5, 5.41) is 14.5. The van der Waals surface area contributed by atoms with E-state index in [0.717, 1.165) is 12.8 Å². The minimum Gasteiger partial charge on any atom is -0.480 e. The van der Waals surface area contributed by atoms with E-state index in [9.17, 15) is 9.59 Å². The van der Waals surface area contributed by atoms with Crippen molar-refractivity contribution in [3.05, 3.63) is 0 Å². The van der Waals surface area contributed by atoms with Crippen LogP contribution in [-0.2, 0) is 4.79 Å². The van der Waals surface area contributed by atoms with Gasteiger partial charge in [0, 0.05) is 6.54 Å². The zero-order valence-electron chi connectivity index (χ0n) is 20.1. The molecule has 0 fully saturated rings. The molecule has 0 aliphatic rings. The van der Waals surface area contributed by atoms with Crippen molar-refractivity contribution in [3.8, 4) is 0 Å². The number of unbranched alkanes of at least 4 members (excludes halogenated alkanes) is 15. The van der Waals surface area contributed by atoms with Gasteiger partial charge in [0.1, 0.15) is 6.04 Å². The Morgan fingerprint density at radius 3 is 1.47 bits per heavy atom. The largest absolute Gasteiger partial charge is 0.480 e. The molecule has 5 heteroatoms. The van der Waals surface area contributed by atoms with Gasteiger partial charge in [0.25, 0.3) is 0 Å². The first-order valence-corrected chi connectivity index (χ1v) is 12.7. The number of nitrogens with one attached hydrogen (secondary N) is 2. The van der Waals surface area contributed by atoms with Crippen LogP contribution in [0, 0.1) is 5.92 Å². The summed E-state index contributed by atoms with van der Waals surface area (Å²) in [7, 11) is 0.